The number of benzene rings is 2. The number of thiophene rings is 1. The van der Waals surface area contributed by atoms with E-state index in [9.17, 15) is 4.79 Å². The molecule has 0 saturated heterocycles. The van der Waals surface area contributed by atoms with E-state index in [0.717, 1.165) is 28.1 Å². The molecule has 0 spiro atoms. The van der Waals surface area contributed by atoms with E-state index >= 15 is 0 Å². The van der Waals surface area contributed by atoms with Gasteiger partial charge in [0.2, 0.25) is 0 Å². The highest BCUT2D eigenvalue weighted by Gasteiger charge is 2.14. The van der Waals surface area contributed by atoms with Crippen LogP contribution in [0.4, 0.5) is 5.69 Å². The van der Waals surface area contributed by atoms with Crippen LogP contribution >= 0.6 is 11.3 Å². The fourth-order valence-electron chi connectivity index (χ4n) is 2.54. The summed E-state index contributed by atoms with van der Waals surface area (Å²) in [6.45, 7) is 1.97. The van der Waals surface area contributed by atoms with Crippen molar-refractivity contribution in [3.8, 4) is 6.07 Å². The predicted octanol–water partition coefficient (Wildman–Crippen LogP) is 4.04. The summed E-state index contributed by atoms with van der Waals surface area (Å²) in [6, 6.07) is 18.8. The van der Waals surface area contributed by atoms with Gasteiger partial charge in [0.1, 0.15) is 6.07 Å². The molecule has 1 amide bonds. The number of hydrazine groups is 1. The van der Waals surface area contributed by atoms with E-state index in [1.807, 2.05) is 42.6 Å². The standard InChI is InChI=1S/C20H17N3OS/c1-14-17(12-21)13-25-19(14)11-15-7-9-16(10-8-15)20(24)23(22)18-5-3-2-4-6-18/h2-10,13H,11,22H2,1H3. The van der Waals surface area contributed by atoms with Gasteiger partial charge in [-0.1, -0.05) is 30.3 Å². The van der Waals surface area contributed by atoms with Crippen LogP contribution in [0.2, 0.25) is 0 Å². The highest BCUT2D eigenvalue weighted by Crippen LogP contribution is 2.24. The second-order valence-corrected chi connectivity index (χ2v) is 6.66. The Morgan fingerprint density at radius 2 is 1.84 bits per heavy atom. The molecule has 0 bridgehead atoms. The molecule has 124 valence electrons. The minimum Gasteiger partial charge on any atom is -0.267 e. The predicted molar refractivity (Wildman–Crippen MR) is 100 cm³/mol. The first kappa shape index (κ1) is 16.9. The summed E-state index contributed by atoms with van der Waals surface area (Å²) in [4.78, 5) is 13.6. The van der Waals surface area contributed by atoms with Crippen LogP contribution < -0.4 is 10.9 Å². The zero-order valence-electron chi connectivity index (χ0n) is 13.8. The molecule has 1 aromatic heterocycles. The number of nitriles is 1. The van der Waals surface area contributed by atoms with E-state index in [0.29, 0.717) is 11.3 Å². The third-order valence-corrected chi connectivity index (χ3v) is 5.17. The number of anilines is 1. The second kappa shape index (κ2) is 7.31. The van der Waals surface area contributed by atoms with Crippen LogP contribution in [0.25, 0.3) is 0 Å². The Morgan fingerprint density at radius 3 is 2.44 bits per heavy atom. The molecular weight excluding hydrogens is 330 g/mol. The van der Waals surface area contributed by atoms with E-state index in [-0.39, 0.29) is 5.91 Å². The zero-order chi connectivity index (χ0) is 17.8. The topological polar surface area (TPSA) is 70.1 Å². The van der Waals surface area contributed by atoms with Crippen molar-refractivity contribution in [2.45, 2.75) is 13.3 Å². The summed E-state index contributed by atoms with van der Waals surface area (Å²) in [5.74, 6) is 5.67. The average molecular weight is 347 g/mol. The van der Waals surface area contributed by atoms with Gasteiger partial charge in [-0.15, -0.1) is 11.3 Å². The van der Waals surface area contributed by atoms with Gasteiger partial charge in [-0.2, -0.15) is 5.26 Å². The second-order valence-electron chi connectivity index (χ2n) is 5.69. The number of nitrogens with two attached hydrogens (primary N) is 1. The number of carbonyl (C=O) groups is 1. The lowest BCUT2D eigenvalue weighted by Gasteiger charge is -2.16. The molecule has 5 heteroatoms. The molecule has 3 rings (SSSR count). The minimum atomic E-state index is -0.253. The molecule has 0 radical (unpaired) electrons. The lowest BCUT2D eigenvalue weighted by Crippen LogP contribution is -2.37. The number of hydrogen-bond donors (Lipinski definition) is 1. The summed E-state index contributed by atoms with van der Waals surface area (Å²) in [5.41, 5.74) is 4.04. The van der Waals surface area contributed by atoms with Crippen molar-refractivity contribution in [1.82, 2.24) is 0 Å². The largest absolute Gasteiger partial charge is 0.272 e. The molecular formula is C20H17N3OS. The first-order valence-corrected chi connectivity index (χ1v) is 8.68. The molecule has 0 aliphatic heterocycles. The Morgan fingerprint density at radius 1 is 1.16 bits per heavy atom. The van der Waals surface area contributed by atoms with Gasteiger partial charge in [0.05, 0.1) is 11.3 Å². The first-order chi connectivity index (χ1) is 12.1. The molecule has 2 aromatic carbocycles. The van der Waals surface area contributed by atoms with Crippen molar-refractivity contribution in [3.63, 3.8) is 0 Å². The highest BCUT2D eigenvalue weighted by atomic mass is 32.1. The molecule has 25 heavy (non-hydrogen) atoms. The summed E-state index contributed by atoms with van der Waals surface area (Å²) < 4.78 is 0. The Kier molecular flexibility index (Phi) is 4.94. The summed E-state index contributed by atoms with van der Waals surface area (Å²) >= 11 is 1.59. The maximum atomic E-state index is 12.5. The molecule has 1 heterocycles. The van der Waals surface area contributed by atoms with Crippen LogP contribution in [-0.4, -0.2) is 5.91 Å². The maximum Gasteiger partial charge on any atom is 0.272 e. The first-order valence-electron chi connectivity index (χ1n) is 7.80. The average Bonchev–Trinajstić information content (AvgIpc) is 3.01. The minimum absolute atomic E-state index is 0.253. The van der Waals surface area contributed by atoms with E-state index in [2.05, 4.69) is 6.07 Å². The van der Waals surface area contributed by atoms with Crippen LogP contribution in [0, 0.1) is 18.3 Å². The molecule has 0 saturated carbocycles. The lowest BCUT2D eigenvalue weighted by molar-refractivity contribution is 0.0987. The Labute approximate surface area is 150 Å². The Balaban J connectivity index is 1.75. The quantitative estimate of drug-likeness (QED) is 0.440. The van der Waals surface area contributed by atoms with Gasteiger partial charge in [-0.25, -0.2) is 10.9 Å². The van der Waals surface area contributed by atoms with Crippen LogP contribution in [0.1, 0.15) is 31.9 Å². The van der Waals surface area contributed by atoms with Crippen molar-refractivity contribution < 1.29 is 4.79 Å². The molecule has 0 atom stereocenters. The zero-order valence-corrected chi connectivity index (χ0v) is 14.6. The van der Waals surface area contributed by atoms with Gasteiger partial charge in [0.15, 0.2) is 0 Å². The monoisotopic (exact) mass is 347 g/mol. The molecule has 0 aliphatic carbocycles. The van der Waals surface area contributed by atoms with Crippen molar-refractivity contribution in [2.75, 3.05) is 5.01 Å². The number of carbonyl (C=O) groups excluding carboxylic acids is 1. The van der Waals surface area contributed by atoms with Crippen LogP contribution in [-0.2, 0) is 6.42 Å². The number of para-hydroxylation sites is 1. The maximum absolute atomic E-state index is 12.5. The van der Waals surface area contributed by atoms with Gasteiger partial charge in [-0.3, -0.25) is 4.79 Å². The number of hydrogen-bond acceptors (Lipinski definition) is 4. The van der Waals surface area contributed by atoms with Gasteiger partial charge in [-0.05, 0) is 42.3 Å². The van der Waals surface area contributed by atoms with Crippen LogP contribution in [0.3, 0.4) is 0 Å². The van der Waals surface area contributed by atoms with Gasteiger partial charge >= 0.3 is 0 Å². The Bertz CT molecular complexity index is 924. The molecule has 0 fully saturated rings. The summed E-state index contributed by atoms with van der Waals surface area (Å²) in [6.07, 6.45) is 0.748. The van der Waals surface area contributed by atoms with Crippen molar-refractivity contribution in [1.29, 1.82) is 5.26 Å². The fourth-order valence-corrected chi connectivity index (χ4v) is 3.56. The normalized spacial score (nSPS) is 10.3. The summed E-state index contributed by atoms with van der Waals surface area (Å²) in [7, 11) is 0. The van der Waals surface area contributed by atoms with Gasteiger partial charge in [0, 0.05) is 22.2 Å². The van der Waals surface area contributed by atoms with E-state index in [1.54, 1.807) is 35.6 Å². The molecule has 0 aliphatic rings. The SMILES string of the molecule is Cc1c(C#N)csc1Cc1ccc(C(=O)N(N)c2ccccc2)cc1. The molecule has 3 aromatic rings. The molecule has 2 N–H and O–H groups in total. The Hall–Kier alpha value is -2.94. The van der Waals surface area contributed by atoms with Gasteiger partial charge < -0.3 is 0 Å². The van der Waals surface area contributed by atoms with E-state index in [1.165, 1.54) is 4.88 Å². The van der Waals surface area contributed by atoms with Gasteiger partial charge in [0.25, 0.3) is 5.91 Å². The highest BCUT2D eigenvalue weighted by molar-refractivity contribution is 7.10. The van der Waals surface area contributed by atoms with Crippen molar-refractivity contribution in [2.24, 2.45) is 5.84 Å². The van der Waals surface area contributed by atoms with E-state index in [4.69, 9.17) is 11.1 Å². The number of rotatable bonds is 4. The van der Waals surface area contributed by atoms with E-state index < -0.39 is 0 Å². The number of amides is 1. The number of nitrogens with zero attached hydrogens (tertiary/aromatic N) is 2. The molecule has 0 unspecified atom stereocenters. The van der Waals surface area contributed by atoms with Crippen LogP contribution in [0.5, 0.6) is 0 Å². The van der Waals surface area contributed by atoms with Crippen molar-refractivity contribution in [3.05, 3.63) is 87.1 Å². The molecule has 4 nitrogen and oxygen atoms in total. The van der Waals surface area contributed by atoms with Crippen LogP contribution in [0.15, 0.2) is 60.0 Å². The lowest BCUT2D eigenvalue weighted by atomic mass is 10.0. The third kappa shape index (κ3) is 3.61. The summed E-state index contributed by atoms with van der Waals surface area (Å²) in [5, 5.41) is 12.1. The smallest absolute Gasteiger partial charge is 0.267 e. The fraction of sp³-hybridized carbons (Fsp3) is 0.100. The third-order valence-electron chi connectivity index (χ3n) is 4.08. The van der Waals surface area contributed by atoms with Crippen molar-refractivity contribution >= 4 is 22.9 Å².